The highest BCUT2D eigenvalue weighted by molar-refractivity contribution is 7.07. The van der Waals surface area contributed by atoms with Crippen LogP contribution in [0.25, 0.3) is 5.57 Å². The van der Waals surface area contributed by atoms with Gasteiger partial charge in [0.1, 0.15) is 10.3 Å². The minimum Gasteiger partial charge on any atom is -0.466 e. The van der Waals surface area contributed by atoms with Gasteiger partial charge in [-0.2, -0.15) is 0 Å². The Bertz CT molecular complexity index is 1680. The molecule has 1 amide bonds. The van der Waals surface area contributed by atoms with E-state index in [4.69, 9.17) is 9.47 Å². The summed E-state index contributed by atoms with van der Waals surface area (Å²) >= 11 is 1.12. The second kappa shape index (κ2) is 9.29. The molecule has 5 rings (SSSR count). The van der Waals surface area contributed by atoms with Crippen molar-refractivity contribution in [3.8, 4) is 5.75 Å². The number of rotatable bonds is 4. The molecule has 188 valence electrons. The van der Waals surface area contributed by atoms with Gasteiger partial charge in [0.05, 0.1) is 35.7 Å². The summed E-state index contributed by atoms with van der Waals surface area (Å²) in [6, 6.07) is 13.1. The smallest absolute Gasteiger partial charge is 0.338 e. The maximum atomic E-state index is 14.0. The number of ether oxygens (including phenoxy) is 2. The molecule has 2 aliphatic heterocycles. The summed E-state index contributed by atoms with van der Waals surface area (Å²) in [4.78, 5) is 58.2. The van der Waals surface area contributed by atoms with E-state index in [1.54, 1.807) is 36.1 Å². The van der Waals surface area contributed by atoms with Crippen molar-refractivity contribution in [3.05, 3.63) is 90.6 Å². The van der Waals surface area contributed by atoms with Crippen molar-refractivity contribution >= 4 is 40.4 Å². The van der Waals surface area contributed by atoms with Gasteiger partial charge in [-0.05, 0) is 37.6 Å². The lowest BCUT2D eigenvalue weighted by atomic mass is 9.96. The number of hydrogen-bond acceptors (Lipinski definition) is 8. The third kappa shape index (κ3) is 3.89. The molecule has 10 heteroatoms. The molecular weight excluding hydrogens is 494 g/mol. The summed E-state index contributed by atoms with van der Waals surface area (Å²) in [5.41, 5.74) is 2.54. The zero-order valence-corrected chi connectivity index (χ0v) is 21.4. The van der Waals surface area contributed by atoms with Gasteiger partial charge in [0.2, 0.25) is 0 Å². The number of anilines is 1. The minimum atomic E-state index is -0.849. The Balaban J connectivity index is 1.78. The lowest BCUT2D eigenvalue weighted by Gasteiger charge is -2.24. The van der Waals surface area contributed by atoms with Crippen molar-refractivity contribution in [3.63, 3.8) is 0 Å². The monoisotopic (exact) mass is 517 g/mol. The normalized spacial score (nSPS) is 17.8. The predicted octanol–water partition coefficient (Wildman–Crippen LogP) is 2.07. The zero-order valence-electron chi connectivity index (χ0n) is 20.6. The van der Waals surface area contributed by atoms with Crippen molar-refractivity contribution < 1.29 is 23.9 Å². The Morgan fingerprint density at radius 3 is 2.43 bits per heavy atom. The first-order valence-corrected chi connectivity index (χ1v) is 12.4. The number of nitrogens with zero attached hydrogens (tertiary/aromatic N) is 3. The molecule has 3 heterocycles. The summed E-state index contributed by atoms with van der Waals surface area (Å²) in [5, 5.41) is 0. The molecule has 1 unspecified atom stereocenters. The number of amides is 1. The van der Waals surface area contributed by atoms with E-state index in [0.717, 1.165) is 17.0 Å². The highest BCUT2D eigenvalue weighted by atomic mass is 32.1. The highest BCUT2D eigenvalue weighted by Gasteiger charge is 2.36. The van der Waals surface area contributed by atoms with E-state index >= 15 is 0 Å². The van der Waals surface area contributed by atoms with E-state index in [0.29, 0.717) is 39.5 Å². The molecule has 37 heavy (non-hydrogen) atoms. The number of carbonyl (C=O) groups excluding carboxylic acids is 3. The first-order chi connectivity index (χ1) is 17.8. The number of hydrogen-bond donors (Lipinski definition) is 0. The number of benzene rings is 2. The van der Waals surface area contributed by atoms with Gasteiger partial charge in [0.25, 0.3) is 11.5 Å². The quantitative estimate of drug-likeness (QED) is 0.387. The molecule has 9 nitrogen and oxygen atoms in total. The minimum absolute atomic E-state index is 0.208. The van der Waals surface area contributed by atoms with E-state index in [9.17, 15) is 19.2 Å². The Morgan fingerprint density at radius 2 is 1.78 bits per heavy atom. The number of aromatic nitrogens is 1. The zero-order chi connectivity index (χ0) is 26.4. The van der Waals surface area contributed by atoms with Crippen LogP contribution in [0.4, 0.5) is 5.69 Å². The topological polar surface area (TPSA) is 107 Å². The third-order valence-corrected chi connectivity index (χ3v) is 7.38. The van der Waals surface area contributed by atoms with Crippen molar-refractivity contribution in [2.75, 3.05) is 18.6 Å². The Hall–Kier alpha value is -4.31. The largest absolute Gasteiger partial charge is 0.466 e. The Labute approximate surface area is 215 Å². The van der Waals surface area contributed by atoms with Crippen LogP contribution in [0.2, 0.25) is 0 Å². The predicted molar refractivity (Wildman–Crippen MR) is 137 cm³/mol. The number of likely N-dealkylation sites (N-methyl/N-ethyl adjacent to an activating group) is 1. The van der Waals surface area contributed by atoms with Crippen molar-refractivity contribution in [2.45, 2.75) is 26.8 Å². The molecule has 0 saturated heterocycles. The average molecular weight is 518 g/mol. The Kier molecular flexibility index (Phi) is 6.12. The van der Waals surface area contributed by atoms with Gasteiger partial charge < -0.3 is 14.4 Å². The van der Waals surface area contributed by atoms with Crippen LogP contribution in [0.1, 0.15) is 37.9 Å². The van der Waals surface area contributed by atoms with Gasteiger partial charge in [-0.15, -0.1) is 0 Å². The molecule has 1 aromatic heterocycles. The fourth-order valence-corrected chi connectivity index (χ4v) is 5.89. The van der Waals surface area contributed by atoms with Crippen molar-refractivity contribution in [1.29, 1.82) is 0 Å². The second-order valence-electron chi connectivity index (χ2n) is 8.50. The fraction of sp³-hybridized carbons (Fsp3) is 0.222. The molecule has 2 aliphatic rings. The fourth-order valence-electron chi connectivity index (χ4n) is 4.76. The van der Waals surface area contributed by atoms with Gasteiger partial charge >= 0.3 is 11.9 Å². The molecular formula is C27H23N3O6S. The van der Waals surface area contributed by atoms with E-state index in [-0.39, 0.29) is 16.0 Å². The van der Waals surface area contributed by atoms with E-state index in [1.807, 2.05) is 31.2 Å². The number of methoxy groups -OCH3 is 1. The lowest BCUT2D eigenvalue weighted by molar-refractivity contribution is -0.136. The van der Waals surface area contributed by atoms with Gasteiger partial charge in [-0.25, -0.2) is 9.79 Å². The number of allylic oxidation sites excluding steroid dienone is 1. The van der Waals surface area contributed by atoms with Gasteiger partial charge in [0.15, 0.2) is 4.80 Å². The standard InChI is InChI=1S/C27H23N3O6S/c1-5-29-19-9-7-6-8-18(19)21(24(29)32)23-25(33)30-22(16-10-12-17(13-11-16)36-15(3)31)20(26(34)35-4)14(2)28-27(30)37-23/h6-13,22H,5H2,1-4H3. The SMILES string of the molecule is CCN1C(=O)C(=c2sc3n(c2=O)C(c2ccc(OC(C)=O)cc2)C(C(=O)OC)=C(C)N=3)c2ccccc21. The first-order valence-electron chi connectivity index (χ1n) is 11.6. The second-order valence-corrected chi connectivity index (χ2v) is 9.48. The van der Waals surface area contributed by atoms with Gasteiger partial charge in [0, 0.05) is 19.0 Å². The summed E-state index contributed by atoms with van der Waals surface area (Å²) < 4.78 is 11.9. The van der Waals surface area contributed by atoms with Crippen molar-refractivity contribution in [1.82, 2.24) is 4.57 Å². The summed E-state index contributed by atoms with van der Waals surface area (Å²) in [5.74, 6) is -0.997. The molecule has 3 aromatic rings. The van der Waals surface area contributed by atoms with E-state index < -0.39 is 23.5 Å². The third-order valence-electron chi connectivity index (χ3n) is 6.33. The number of esters is 2. The van der Waals surface area contributed by atoms with Crippen LogP contribution in [0.15, 0.2) is 69.6 Å². The summed E-state index contributed by atoms with van der Waals surface area (Å²) in [7, 11) is 1.27. The molecule has 0 radical (unpaired) electrons. The molecule has 0 aliphatic carbocycles. The lowest BCUT2D eigenvalue weighted by Crippen LogP contribution is -2.40. The molecule has 0 saturated carbocycles. The maximum Gasteiger partial charge on any atom is 0.338 e. The van der Waals surface area contributed by atoms with Crippen molar-refractivity contribution in [2.24, 2.45) is 4.99 Å². The molecule has 2 aromatic carbocycles. The molecule has 0 N–H and O–H groups in total. The van der Waals surface area contributed by atoms with Crippen LogP contribution < -0.4 is 24.5 Å². The van der Waals surface area contributed by atoms with E-state index in [2.05, 4.69) is 4.99 Å². The van der Waals surface area contributed by atoms with Crippen LogP contribution in [-0.2, 0) is 19.1 Å². The van der Waals surface area contributed by atoms with Crippen LogP contribution >= 0.6 is 11.3 Å². The summed E-state index contributed by atoms with van der Waals surface area (Å²) in [6.45, 7) is 5.32. The number of fused-ring (bicyclic) bond motifs is 2. The first kappa shape index (κ1) is 24.4. The van der Waals surface area contributed by atoms with Crippen LogP contribution in [0, 0.1) is 0 Å². The number of para-hydroxylation sites is 1. The van der Waals surface area contributed by atoms with Gasteiger partial charge in [-0.1, -0.05) is 41.7 Å². The average Bonchev–Trinajstić information content (AvgIpc) is 3.34. The molecule has 0 spiro atoms. The van der Waals surface area contributed by atoms with Crippen LogP contribution in [-0.4, -0.2) is 36.1 Å². The number of carbonyl (C=O) groups is 3. The summed E-state index contributed by atoms with van der Waals surface area (Å²) in [6.07, 6.45) is 0. The Morgan fingerprint density at radius 1 is 1.08 bits per heavy atom. The van der Waals surface area contributed by atoms with Crippen LogP contribution in [0.3, 0.4) is 0 Å². The molecule has 0 fully saturated rings. The number of thiazole rings is 1. The van der Waals surface area contributed by atoms with E-state index in [1.165, 1.54) is 18.6 Å². The van der Waals surface area contributed by atoms with Crippen LogP contribution in [0.5, 0.6) is 5.75 Å². The highest BCUT2D eigenvalue weighted by Crippen LogP contribution is 2.35. The molecule has 1 atom stereocenters. The molecule has 0 bridgehead atoms. The van der Waals surface area contributed by atoms with Gasteiger partial charge in [-0.3, -0.25) is 19.0 Å². The maximum absolute atomic E-state index is 14.0.